The molecule has 1 amide bonds. The van der Waals surface area contributed by atoms with Gasteiger partial charge >= 0.3 is 6.18 Å². The van der Waals surface area contributed by atoms with Crippen molar-refractivity contribution >= 4 is 11.8 Å². The van der Waals surface area contributed by atoms with Gasteiger partial charge in [-0.25, -0.2) is 0 Å². The highest BCUT2D eigenvalue weighted by molar-refractivity contribution is 6.00. The highest BCUT2D eigenvalue weighted by Gasteiger charge is 2.44. The third-order valence-electron chi connectivity index (χ3n) is 8.20. The topological polar surface area (TPSA) is 104 Å². The smallest absolute Gasteiger partial charge is 0.412 e. The van der Waals surface area contributed by atoms with E-state index >= 15 is 0 Å². The molecule has 0 saturated heterocycles. The largest absolute Gasteiger partial charge is 0.449 e. The molecule has 224 valence electrons. The van der Waals surface area contributed by atoms with Crippen molar-refractivity contribution in [2.45, 2.75) is 68.4 Å². The molecule has 1 heterocycles. The molecule has 5 rings (SSSR count). The van der Waals surface area contributed by atoms with E-state index in [1.165, 1.54) is 36.4 Å². The highest BCUT2D eigenvalue weighted by atomic mass is 19.4. The van der Waals surface area contributed by atoms with Gasteiger partial charge in [0.2, 0.25) is 12.1 Å². The van der Waals surface area contributed by atoms with Crippen molar-refractivity contribution in [1.82, 2.24) is 10.3 Å². The molecule has 0 spiro atoms. The lowest BCUT2D eigenvalue weighted by atomic mass is 9.79. The average molecular weight is 590 g/mol. The summed E-state index contributed by atoms with van der Waals surface area (Å²) in [5.41, 5.74) is 6.86. The second-order valence-electron chi connectivity index (χ2n) is 11.7. The maximum Gasteiger partial charge on any atom is 0.412 e. The molecule has 1 aliphatic heterocycles. The number of nitrogens with zero attached hydrogens (tertiary/aromatic N) is 3. The summed E-state index contributed by atoms with van der Waals surface area (Å²) in [4.78, 5) is 13.5. The van der Waals surface area contributed by atoms with E-state index in [-0.39, 0.29) is 17.0 Å². The second kappa shape index (κ2) is 11.7. The Bertz CT molecular complexity index is 1530. The predicted octanol–water partition coefficient (Wildman–Crippen LogP) is 5.97. The maximum atomic E-state index is 14.1. The number of amides is 1. The van der Waals surface area contributed by atoms with Crippen LogP contribution in [0.1, 0.15) is 71.3 Å². The number of nitrogens with two attached hydrogens (primary N) is 1. The van der Waals surface area contributed by atoms with Crippen LogP contribution in [0.5, 0.6) is 0 Å². The molecule has 0 aromatic heterocycles. The number of hydrogen-bond donors (Lipinski definition) is 2. The summed E-state index contributed by atoms with van der Waals surface area (Å²) in [7, 11) is 1.73. The van der Waals surface area contributed by atoms with Gasteiger partial charge in [0.15, 0.2) is 6.04 Å². The molecule has 10 heteroatoms. The third-order valence-corrected chi connectivity index (χ3v) is 8.20. The van der Waals surface area contributed by atoms with E-state index in [2.05, 4.69) is 16.5 Å². The molecule has 3 atom stereocenters. The molecule has 1 fully saturated rings. The van der Waals surface area contributed by atoms with Crippen molar-refractivity contribution < 1.29 is 22.7 Å². The van der Waals surface area contributed by atoms with E-state index in [0.29, 0.717) is 30.4 Å². The Balaban J connectivity index is 1.49. The predicted molar refractivity (Wildman–Crippen MR) is 157 cm³/mol. The molecule has 0 bridgehead atoms. The second-order valence-corrected chi connectivity index (χ2v) is 11.7. The summed E-state index contributed by atoms with van der Waals surface area (Å²) in [5, 5.41) is 18.5. The van der Waals surface area contributed by atoms with Gasteiger partial charge in [-0.05, 0) is 61.1 Å². The minimum Gasteiger partial charge on any atom is -0.449 e. The van der Waals surface area contributed by atoms with E-state index in [9.17, 15) is 23.2 Å². The average Bonchev–Trinajstić information content (AvgIpc) is 3.64. The number of halogens is 3. The summed E-state index contributed by atoms with van der Waals surface area (Å²) in [6, 6.07) is 21.9. The summed E-state index contributed by atoms with van der Waals surface area (Å²) in [6.45, 7) is 1.86. The first-order valence-electron chi connectivity index (χ1n) is 14.2. The van der Waals surface area contributed by atoms with Gasteiger partial charge in [-0.1, -0.05) is 73.5 Å². The van der Waals surface area contributed by atoms with Gasteiger partial charge in [0.1, 0.15) is 0 Å². The molecule has 3 N–H and O–H groups in total. The number of hydrazone groups is 1. The Morgan fingerprint density at radius 3 is 2.35 bits per heavy atom. The van der Waals surface area contributed by atoms with E-state index in [4.69, 9.17) is 10.5 Å². The fourth-order valence-corrected chi connectivity index (χ4v) is 6.03. The van der Waals surface area contributed by atoms with E-state index < -0.39 is 35.3 Å². The highest BCUT2D eigenvalue weighted by Crippen LogP contribution is 2.42. The SMILES string of the molecule is CN1N=C(c2cc(C(=O)NC(c3ccccc3)C(F)(F)F)cc(C3(C#N)CCCC3)c2)OC1[C@](C)(N)Cc1ccccc1. The summed E-state index contributed by atoms with van der Waals surface area (Å²) in [6.07, 6.45) is -2.07. The van der Waals surface area contributed by atoms with E-state index in [1.807, 2.05) is 37.3 Å². The number of alkyl halides is 3. The van der Waals surface area contributed by atoms with Gasteiger partial charge in [0.05, 0.1) is 17.0 Å². The van der Waals surface area contributed by atoms with Crippen LogP contribution in [-0.2, 0) is 16.6 Å². The molecule has 0 radical (unpaired) electrons. The molecule has 1 aliphatic carbocycles. The van der Waals surface area contributed by atoms with Gasteiger partial charge < -0.3 is 15.8 Å². The first-order valence-corrected chi connectivity index (χ1v) is 14.2. The van der Waals surface area contributed by atoms with Crippen molar-refractivity contribution in [1.29, 1.82) is 5.26 Å². The molecule has 1 saturated carbocycles. The number of hydrogen-bond acceptors (Lipinski definition) is 6. The Labute approximate surface area is 249 Å². The van der Waals surface area contributed by atoms with Crippen LogP contribution in [0.4, 0.5) is 13.2 Å². The van der Waals surface area contributed by atoms with Crippen molar-refractivity contribution in [3.63, 3.8) is 0 Å². The van der Waals surface area contributed by atoms with Crippen LogP contribution < -0.4 is 11.1 Å². The minimum absolute atomic E-state index is 0.0172. The molecule has 43 heavy (non-hydrogen) atoms. The normalized spacial score (nSPS) is 20.0. The van der Waals surface area contributed by atoms with E-state index in [0.717, 1.165) is 18.4 Å². The van der Waals surface area contributed by atoms with Crippen LogP contribution in [0.25, 0.3) is 0 Å². The zero-order valence-electron chi connectivity index (χ0n) is 24.1. The van der Waals surface area contributed by atoms with Gasteiger partial charge in [0.25, 0.3) is 5.91 Å². The number of nitriles is 1. The van der Waals surface area contributed by atoms with Crippen LogP contribution in [0.3, 0.4) is 0 Å². The molecule has 3 aromatic rings. The monoisotopic (exact) mass is 589 g/mol. The van der Waals surface area contributed by atoms with Crippen LogP contribution in [0.2, 0.25) is 0 Å². The number of carbonyl (C=O) groups is 1. The summed E-state index contributed by atoms with van der Waals surface area (Å²) >= 11 is 0. The first-order chi connectivity index (χ1) is 20.4. The lowest BCUT2D eigenvalue weighted by molar-refractivity contribution is -0.155. The number of ether oxygens (including phenoxy) is 1. The van der Waals surface area contributed by atoms with Crippen molar-refractivity contribution in [3.8, 4) is 6.07 Å². The standard InChI is InChI=1S/C33H34F3N5O2/c1-31(38,20-22-11-5-3-6-12-22)30-41(2)40-29(43-30)25-17-24(18-26(19-25)32(21-37)15-9-10-16-32)28(42)39-27(33(34,35)36)23-13-7-4-8-14-23/h3-8,11-14,17-19,27,30H,9-10,15-16,20,38H2,1-2H3,(H,39,42)/t27?,30?,31-/m1/s1. The van der Waals surface area contributed by atoms with E-state index in [1.54, 1.807) is 24.2 Å². The number of nitrogens with one attached hydrogen (secondary N) is 1. The Morgan fingerprint density at radius 2 is 1.74 bits per heavy atom. The molecular weight excluding hydrogens is 555 g/mol. The minimum atomic E-state index is -4.73. The zero-order valence-corrected chi connectivity index (χ0v) is 24.1. The molecule has 3 aromatic carbocycles. The van der Waals surface area contributed by atoms with Crippen LogP contribution in [-0.4, -0.2) is 41.8 Å². The van der Waals surface area contributed by atoms with Gasteiger partial charge in [-0.15, -0.1) is 5.10 Å². The van der Waals surface area contributed by atoms with Crippen molar-refractivity contribution in [2.24, 2.45) is 10.8 Å². The maximum absolute atomic E-state index is 14.1. The molecule has 7 nitrogen and oxygen atoms in total. The fraction of sp³-hybridized carbons (Fsp3) is 0.364. The molecular formula is C33H34F3N5O2. The lowest BCUT2D eigenvalue weighted by Gasteiger charge is -2.34. The Morgan fingerprint density at radius 1 is 1.12 bits per heavy atom. The Kier molecular flexibility index (Phi) is 8.21. The fourth-order valence-electron chi connectivity index (χ4n) is 6.03. The van der Waals surface area contributed by atoms with Crippen LogP contribution in [0.15, 0.2) is 84.0 Å². The number of likely N-dealkylation sites (N-methyl/N-ethyl adjacent to an activating group) is 1. The number of carbonyl (C=O) groups excluding carboxylic acids is 1. The lowest BCUT2D eigenvalue weighted by Crippen LogP contribution is -2.55. The van der Waals surface area contributed by atoms with Crippen molar-refractivity contribution in [2.75, 3.05) is 7.05 Å². The van der Waals surface area contributed by atoms with Crippen molar-refractivity contribution in [3.05, 3.63) is 107 Å². The van der Waals surface area contributed by atoms with Gasteiger partial charge in [-0.3, -0.25) is 9.80 Å². The van der Waals surface area contributed by atoms with Gasteiger partial charge in [0, 0.05) is 18.2 Å². The number of benzene rings is 3. The third kappa shape index (κ3) is 6.37. The summed E-state index contributed by atoms with van der Waals surface area (Å²) in [5.74, 6) is -0.744. The van der Waals surface area contributed by atoms with Gasteiger partial charge in [-0.2, -0.15) is 18.4 Å². The molecule has 2 aliphatic rings. The quantitative estimate of drug-likeness (QED) is 0.337. The first kappa shape index (κ1) is 30.1. The number of rotatable bonds is 8. The zero-order chi connectivity index (χ0) is 30.8. The molecule has 2 unspecified atom stereocenters. The Hall–Kier alpha value is -4.36. The van der Waals surface area contributed by atoms with Crippen LogP contribution >= 0.6 is 0 Å². The van der Waals surface area contributed by atoms with Crippen LogP contribution in [0, 0.1) is 11.3 Å². The summed E-state index contributed by atoms with van der Waals surface area (Å²) < 4.78 is 48.5.